The average molecular weight is 445 g/mol. The molecule has 2 amide bonds. The van der Waals surface area contributed by atoms with E-state index in [9.17, 15) is 14.4 Å². The number of halogens is 1. The number of rotatable bonds is 7. The maximum atomic E-state index is 12.4. The predicted molar refractivity (Wildman–Crippen MR) is 115 cm³/mol. The molecule has 0 aliphatic rings. The Morgan fingerprint density at radius 2 is 1.77 bits per heavy atom. The molecule has 1 heterocycles. The SMILES string of the molecule is COC(=O)c1c(-c2ccccc2Cl)csc1NC(=O)COc1ccc(C(N)=O)cc1. The molecule has 0 aliphatic carbocycles. The van der Waals surface area contributed by atoms with Crippen LogP contribution in [0.4, 0.5) is 5.00 Å². The number of hydrogen-bond donors (Lipinski definition) is 2. The summed E-state index contributed by atoms with van der Waals surface area (Å²) in [5.74, 6) is -1.22. The number of anilines is 1. The van der Waals surface area contributed by atoms with Crippen LogP contribution in [0.25, 0.3) is 11.1 Å². The topological polar surface area (TPSA) is 108 Å². The van der Waals surface area contributed by atoms with E-state index < -0.39 is 17.8 Å². The molecule has 30 heavy (non-hydrogen) atoms. The van der Waals surface area contributed by atoms with Gasteiger partial charge in [0.1, 0.15) is 16.3 Å². The number of hydrogen-bond acceptors (Lipinski definition) is 6. The molecule has 0 radical (unpaired) electrons. The van der Waals surface area contributed by atoms with Crippen molar-refractivity contribution >= 4 is 45.7 Å². The minimum Gasteiger partial charge on any atom is -0.484 e. The van der Waals surface area contributed by atoms with Gasteiger partial charge >= 0.3 is 5.97 Å². The van der Waals surface area contributed by atoms with Crippen LogP contribution in [-0.4, -0.2) is 31.5 Å². The van der Waals surface area contributed by atoms with Gasteiger partial charge in [-0.15, -0.1) is 11.3 Å². The Bertz CT molecular complexity index is 1100. The van der Waals surface area contributed by atoms with Gasteiger partial charge in [0.25, 0.3) is 5.91 Å². The lowest BCUT2D eigenvalue weighted by atomic mass is 10.0. The molecule has 0 unspecified atom stereocenters. The fourth-order valence-electron chi connectivity index (χ4n) is 2.66. The Kier molecular flexibility index (Phi) is 6.71. The molecule has 9 heteroatoms. The van der Waals surface area contributed by atoms with Crippen molar-refractivity contribution in [2.75, 3.05) is 19.0 Å². The minimum absolute atomic E-state index is 0.217. The third-order valence-corrected chi connectivity index (χ3v) is 5.33. The second kappa shape index (κ2) is 9.43. The molecule has 0 fully saturated rings. The van der Waals surface area contributed by atoms with Gasteiger partial charge in [-0.1, -0.05) is 29.8 Å². The number of carbonyl (C=O) groups is 3. The Morgan fingerprint density at radius 1 is 1.07 bits per heavy atom. The molecule has 0 bridgehead atoms. The zero-order chi connectivity index (χ0) is 21.7. The molecule has 2 aromatic carbocycles. The van der Waals surface area contributed by atoms with Gasteiger partial charge in [0.05, 0.1) is 7.11 Å². The lowest BCUT2D eigenvalue weighted by Gasteiger charge is -2.09. The highest BCUT2D eigenvalue weighted by atomic mass is 35.5. The Morgan fingerprint density at radius 3 is 2.40 bits per heavy atom. The number of thiophene rings is 1. The molecule has 0 atom stereocenters. The van der Waals surface area contributed by atoms with E-state index in [0.717, 1.165) is 0 Å². The van der Waals surface area contributed by atoms with Gasteiger partial charge in [0.2, 0.25) is 5.91 Å². The number of nitrogens with one attached hydrogen (secondary N) is 1. The maximum Gasteiger partial charge on any atom is 0.341 e. The number of amides is 2. The summed E-state index contributed by atoms with van der Waals surface area (Å²) in [4.78, 5) is 35.8. The highest BCUT2D eigenvalue weighted by molar-refractivity contribution is 7.15. The zero-order valence-electron chi connectivity index (χ0n) is 15.8. The smallest absolute Gasteiger partial charge is 0.341 e. The normalized spacial score (nSPS) is 10.3. The van der Waals surface area contributed by atoms with E-state index in [4.69, 9.17) is 26.8 Å². The second-order valence-electron chi connectivity index (χ2n) is 6.05. The van der Waals surface area contributed by atoms with Gasteiger partial charge in [-0.2, -0.15) is 0 Å². The number of primary amides is 1. The van der Waals surface area contributed by atoms with Gasteiger partial charge < -0.3 is 20.5 Å². The summed E-state index contributed by atoms with van der Waals surface area (Å²) >= 11 is 7.44. The summed E-state index contributed by atoms with van der Waals surface area (Å²) in [7, 11) is 1.26. The van der Waals surface area contributed by atoms with E-state index >= 15 is 0 Å². The molecule has 0 spiro atoms. The fraction of sp³-hybridized carbons (Fsp3) is 0.0952. The quantitative estimate of drug-likeness (QED) is 0.536. The van der Waals surface area contributed by atoms with Crippen molar-refractivity contribution in [3.63, 3.8) is 0 Å². The number of esters is 1. The molecular formula is C21H17ClN2O5S. The van der Waals surface area contributed by atoms with Crippen LogP contribution in [0.5, 0.6) is 5.75 Å². The lowest BCUT2D eigenvalue weighted by molar-refractivity contribution is -0.118. The van der Waals surface area contributed by atoms with E-state index in [1.807, 2.05) is 0 Å². The maximum absolute atomic E-state index is 12.4. The number of carbonyl (C=O) groups excluding carboxylic acids is 3. The van der Waals surface area contributed by atoms with E-state index in [1.54, 1.807) is 29.6 Å². The van der Waals surface area contributed by atoms with E-state index in [1.165, 1.54) is 42.7 Å². The molecule has 1 aromatic heterocycles. The second-order valence-corrected chi connectivity index (χ2v) is 7.34. The van der Waals surface area contributed by atoms with Gasteiger partial charge in [0, 0.05) is 27.1 Å². The van der Waals surface area contributed by atoms with Crippen LogP contribution in [0.1, 0.15) is 20.7 Å². The summed E-state index contributed by atoms with van der Waals surface area (Å²) in [6.45, 7) is -0.296. The average Bonchev–Trinajstić information content (AvgIpc) is 3.15. The molecule has 3 N–H and O–H groups in total. The first-order valence-corrected chi connectivity index (χ1v) is 9.93. The number of nitrogens with two attached hydrogens (primary N) is 1. The summed E-state index contributed by atoms with van der Waals surface area (Å²) in [5, 5.41) is 5.20. The molecule has 3 rings (SSSR count). The van der Waals surface area contributed by atoms with E-state index in [0.29, 0.717) is 32.5 Å². The van der Waals surface area contributed by atoms with Gasteiger partial charge in [-0.25, -0.2) is 4.79 Å². The third kappa shape index (κ3) is 4.79. The molecule has 0 aliphatic heterocycles. The van der Waals surface area contributed by atoms with Crippen molar-refractivity contribution in [1.82, 2.24) is 0 Å². The molecule has 7 nitrogen and oxygen atoms in total. The Hall–Kier alpha value is -3.36. The van der Waals surface area contributed by atoms with Crippen LogP contribution in [0.3, 0.4) is 0 Å². The van der Waals surface area contributed by atoms with Crippen LogP contribution in [0.2, 0.25) is 5.02 Å². The van der Waals surface area contributed by atoms with Crippen LogP contribution < -0.4 is 15.8 Å². The van der Waals surface area contributed by atoms with E-state index in [2.05, 4.69) is 5.32 Å². The van der Waals surface area contributed by atoms with Crippen LogP contribution in [-0.2, 0) is 9.53 Å². The third-order valence-electron chi connectivity index (χ3n) is 4.11. The van der Waals surface area contributed by atoms with Crippen LogP contribution in [0.15, 0.2) is 53.9 Å². The van der Waals surface area contributed by atoms with Crippen molar-refractivity contribution in [3.8, 4) is 16.9 Å². The molecule has 0 saturated heterocycles. The molecular weight excluding hydrogens is 428 g/mol. The minimum atomic E-state index is -0.593. The van der Waals surface area contributed by atoms with Crippen molar-refractivity contribution in [2.24, 2.45) is 5.73 Å². The number of ether oxygens (including phenoxy) is 2. The van der Waals surface area contributed by atoms with Crippen molar-refractivity contribution in [3.05, 3.63) is 70.1 Å². The van der Waals surface area contributed by atoms with Crippen LogP contribution >= 0.6 is 22.9 Å². The predicted octanol–water partition coefficient (Wildman–Crippen LogP) is 3.97. The van der Waals surface area contributed by atoms with Crippen molar-refractivity contribution in [1.29, 1.82) is 0 Å². The zero-order valence-corrected chi connectivity index (χ0v) is 17.4. The first-order valence-electron chi connectivity index (χ1n) is 8.68. The summed E-state index contributed by atoms with van der Waals surface area (Å²) in [6.07, 6.45) is 0. The standard InChI is InChI=1S/C21H17ClN2O5S/c1-28-21(27)18-15(14-4-2-3-5-16(14)22)11-30-20(18)24-17(25)10-29-13-8-6-12(7-9-13)19(23)26/h2-9,11H,10H2,1H3,(H2,23,26)(H,24,25). The summed E-state index contributed by atoms with van der Waals surface area (Å²) in [5.41, 5.74) is 6.96. The Balaban J connectivity index is 1.75. The van der Waals surface area contributed by atoms with Crippen molar-refractivity contribution < 1.29 is 23.9 Å². The molecule has 3 aromatic rings. The summed E-state index contributed by atoms with van der Waals surface area (Å²) < 4.78 is 10.3. The molecule has 154 valence electrons. The number of benzene rings is 2. The first-order chi connectivity index (χ1) is 14.4. The molecule has 0 saturated carbocycles. The largest absolute Gasteiger partial charge is 0.484 e. The van der Waals surface area contributed by atoms with Gasteiger partial charge in [-0.05, 0) is 30.3 Å². The van der Waals surface area contributed by atoms with E-state index in [-0.39, 0.29) is 12.2 Å². The summed E-state index contributed by atoms with van der Waals surface area (Å²) in [6, 6.07) is 13.1. The van der Waals surface area contributed by atoms with Gasteiger partial charge in [0.15, 0.2) is 6.61 Å². The van der Waals surface area contributed by atoms with Crippen LogP contribution in [0, 0.1) is 0 Å². The number of methoxy groups -OCH3 is 1. The monoisotopic (exact) mass is 444 g/mol. The van der Waals surface area contributed by atoms with Gasteiger partial charge in [-0.3, -0.25) is 9.59 Å². The van der Waals surface area contributed by atoms with Crippen molar-refractivity contribution in [2.45, 2.75) is 0 Å². The highest BCUT2D eigenvalue weighted by Gasteiger charge is 2.23. The fourth-order valence-corrected chi connectivity index (χ4v) is 3.86. The first kappa shape index (κ1) is 21.4. The lowest BCUT2D eigenvalue weighted by Crippen LogP contribution is -2.21. The highest BCUT2D eigenvalue weighted by Crippen LogP contribution is 2.39. The Labute approximate surface area is 181 Å².